The highest BCUT2D eigenvalue weighted by molar-refractivity contribution is 14.0. The average molecular weight is 450 g/mol. The molecular formula is C12H27IN4O2S2. The normalized spacial score (nSPS) is 18.1. The van der Waals surface area contributed by atoms with Gasteiger partial charge in [-0.05, 0) is 25.0 Å². The zero-order valence-corrected chi connectivity index (χ0v) is 16.9. The van der Waals surface area contributed by atoms with Gasteiger partial charge in [-0.25, -0.2) is 12.7 Å². The maximum absolute atomic E-state index is 11.4. The summed E-state index contributed by atoms with van der Waals surface area (Å²) in [5.74, 6) is 2.38. The second-order valence-electron chi connectivity index (χ2n) is 4.98. The van der Waals surface area contributed by atoms with Crippen LogP contribution in [-0.4, -0.2) is 70.2 Å². The number of guanidine groups is 1. The van der Waals surface area contributed by atoms with E-state index in [1.165, 1.54) is 6.26 Å². The van der Waals surface area contributed by atoms with Crippen LogP contribution in [0.2, 0.25) is 0 Å². The highest BCUT2D eigenvalue weighted by Crippen LogP contribution is 2.18. The monoisotopic (exact) mass is 450 g/mol. The van der Waals surface area contributed by atoms with Crippen LogP contribution in [0.1, 0.15) is 12.8 Å². The predicted octanol–water partition coefficient (Wildman–Crippen LogP) is 0.804. The van der Waals surface area contributed by atoms with Gasteiger partial charge in [0.15, 0.2) is 5.96 Å². The van der Waals surface area contributed by atoms with E-state index < -0.39 is 10.0 Å². The predicted molar refractivity (Wildman–Crippen MR) is 102 cm³/mol. The Morgan fingerprint density at radius 3 is 2.43 bits per heavy atom. The molecule has 0 bridgehead atoms. The van der Waals surface area contributed by atoms with Gasteiger partial charge in [0.1, 0.15) is 0 Å². The second-order valence-corrected chi connectivity index (χ2v) is 7.95. The molecule has 1 aliphatic rings. The molecule has 0 aliphatic carbocycles. The minimum atomic E-state index is -3.03. The molecule has 0 aromatic carbocycles. The number of halogens is 1. The number of rotatable bonds is 6. The minimum absolute atomic E-state index is 0. The van der Waals surface area contributed by atoms with Gasteiger partial charge in [0.25, 0.3) is 0 Å². The number of thioether (sulfide) groups is 1. The summed E-state index contributed by atoms with van der Waals surface area (Å²) < 4.78 is 24.4. The molecule has 1 rings (SSSR count). The van der Waals surface area contributed by atoms with Crippen LogP contribution in [0.3, 0.4) is 0 Å². The van der Waals surface area contributed by atoms with Gasteiger partial charge in [0.2, 0.25) is 10.0 Å². The quantitative estimate of drug-likeness (QED) is 0.271. The third kappa shape index (κ3) is 8.46. The van der Waals surface area contributed by atoms with Crippen LogP contribution < -0.4 is 10.6 Å². The Hall–Kier alpha value is 0.260. The summed E-state index contributed by atoms with van der Waals surface area (Å²) in [6, 6.07) is 0. The average Bonchev–Trinajstić information content (AvgIpc) is 2.42. The molecule has 1 heterocycles. The van der Waals surface area contributed by atoms with Crippen LogP contribution in [0.25, 0.3) is 0 Å². The molecule has 1 aliphatic heterocycles. The summed E-state index contributed by atoms with van der Waals surface area (Å²) in [6.45, 7) is 3.00. The van der Waals surface area contributed by atoms with Crippen LogP contribution >= 0.6 is 35.7 Å². The van der Waals surface area contributed by atoms with Gasteiger partial charge in [-0.1, -0.05) is 0 Å². The fourth-order valence-corrected chi connectivity index (χ4v) is 3.36. The summed E-state index contributed by atoms with van der Waals surface area (Å²) in [5, 5.41) is 6.57. The van der Waals surface area contributed by atoms with Crippen LogP contribution in [0.4, 0.5) is 0 Å². The lowest BCUT2D eigenvalue weighted by molar-refractivity contribution is 0.275. The molecule has 1 fully saturated rings. The Morgan fingerprint density at radius 1 is 1.33 bits per heavy atom. The van der Waals surface area contributed by atoms with Crippen molar-refractivity contribution in [1.82, 2.24) is 14.9 Å². The van der Waals surface area contributed by atoms with Crippen molar-refractivity contribution >= 4 is 51.7 Å². The van der Waals surface area contributed by atoms with Crippen molar-refractivity contribution in [2.75, 3.05) is 51.5 Å². The third-order valence-corrected chi connectivity index (χ3v) is 5.34. The molecule has 9 heteroatoms. The first-order valence-electron chi connectivity index (χ1n) is 6.86. The molecule has 0 spiro atoms. The molecule has 126 valence electrons. The van der Waals surface area contributed by atoms with Crippen molar-refractivity contribution in [3.05, 3.63) is 0 Å². The maximum Gasteiger partial charge on any atom is 0.211 e. The summed E-state index contributed by atoms with van der Waals surface area (Å²) >= 11 is 1.80. The van der Waals surface area contributed by atoms with E-state index >= 15 is 0 Å². The van der Waals surface area contributed by atoms with E-state index in [0.29, 0.717) is 19.0 Å². The molecule has 0 unspecified atom stereocenters. The number of hydrogen-bond acceptors (Lipinski definition) is 4. The summed E-state index contributed by atoms with van der Waals surface area (Å²) in [7, 11) is -1.26. The smallest absolute Gasteiger partial charge is 0.211 e. The summed E-state index contributed by atoms with van der Waals surface area (Å²) in [5.41, 5.74) is 0. The van der Waals surface area contributed by atoms with Crippen LogP contribution in [0, 0.1) is 5.92 Å². The van der Waals surface area contributed by atoms with Gasteiger partial charge in [0.05, 0.1) is 6.26 Å². The molecule has 0 radical (unpaired) electrons. The van der Waals surface area contributed by atoms with Gasteiger partial charge in [0, 0.05) is 39.0 Å². The van der Waals surface area contributed by atoms with E-state index in [1.54, 1.807) is 23.1 Å². The Kier molecular flexibility index (Phi) is 11.0. The molecule has 1 saturated heterocycles. The highest BCUT2D eigenvalue weighted by atomic mass is 127. The van der Waals surface area contributed by atoms with Gasteiger partial charge >= 0.3 is 0 Å². The van der Waals surface area contributed by atoms with Crippen LogP contribution in [-0.2, 0) is 10.0 Å². The SMILES string of the molecule is CN=C(NCCSC)NCC1CCN(S(C)(=O)=O)CC1.I. The van der Waals surface area contributed by atoms with Crippen molar-refractivity contribution in [1.29, 1.82) is 0 Å². The Labute approximate surface area is 150 Å². The van der Waals surface area contributed by atoms with Crippen molar-refractivity contribution < 1.29 is 8.42 Å². The van der Waals surface area contributed by atoms with Gasteiger partial charge in [-0.15, -0.1) is 24.0 Å². The van der Waals surface area contributed by atoms with E-state index in [9.17, 15) is 8.42 Å². The summed E-state index contributed by atoms with van der Waals surface area (Å²) in [6.07, 6.45) is 5.17. The fourth-order valence-electron chi connectivity index (χ4n) is 2.18. The lowest BCUT2D eigenvalue weighted by Gasteiger charge is -2.30. The first kappa shape index (κ1) is 21.3. The first-order valence-corrected chi connectivity index (χ1v) is 10.1. The Balaban J connectivity index is 0.00000400. The van der Waals surface area contributed by atoms with Crippen molar-refractivity contribution in [2.24, 2.45) is 10.9 Å². The lowest BCUT2D eigenvalue weighted by Crippen LogP contribution is -2.44. The topological polar surface area (TPSA) is 73.8 Å². The number of piperidine rings is 1. The first-order chi connectivity index (χ1) is 9.47. The molecule has 2 N–H and O–H groups in total. The zero-order chi connectivity index (χ0) is 15.0. The number of hydrogen-bond donors (Lipinski definition) is 2. The van der Waals surface area contributed by atoms with E-state index in [0.717, 1.165) is 37.6 Å². The van der Waals surface area contributed by atoms with Crippen molar-refractivity contribution in [3.8, 4) is 0 Å². The second kappa shape index (κ2) is 10.9. The van der Waals surface area contributed by atoms with Gasteiger partial charge < -0.3 is 10.6 Å². The zero-order valence-electron chi connectivity index (χ0n) is 13.0. The van der Waals surface area contributed by atoms with Crippen LogP contribution in [0.15, 0.2) is 4.99 Å². The molecule has 0 aromatic rings. The van der Waals surface area contributed by atoms with E-state index in [1.807, 2.05) is 0 Å². The van der Waals surface area contributed by atoms with E-state index in [2.05, 4.69) is 21.9 Å². The molecule has 21 heavy (non-hydrogen) atoms. The lowest BCUT2D eigenvalue weighted by atomic mass is 9.98. The van der Waals surface area contributed by atoms with Crippen molar-refractivity contribution in [3.63, 3.8) is 0 Å². The fraction of sp³-hybridized carbons (Fsp3) is 0.917. The standard InChI is InChI=1S/C12H26N4O2S2.HI/c1-13-12(14-6-9-19-2)15-10-11-4-7-16(8-5-11)20(3,17)18;/h11H,4-10H2,1-3H3,(H2,13,14,15);1H. The van der Waals surface area contributed by atoms with Gasteiger partial charge in [-0.2, -0.15) is 11.8 Å². The number of nitrogens with zero attached hydrogens (tertiary/aromatic N) is 2. The Bertz CT molecular complexity index is 409. The van der Waals surface area contributed by atoms with Crippen molar-refractivity contribution in [2.45, 2.75) is 12.8 Å². The minimum Gasteiger partial charge on any atom is -0.356 e. The van der Waals surface area contributed by atoms with E-state index in [-0.39, 0.29) is 24.0 Å². The molecule has 6 nitrogen and oxygen atoms in total. The molecule has 0 atom stereocenters. The molecular weight excluding hydrogens is 423 g/mol. The number of aliphatic imine (C=N–C) groups is 1. The molecule has 0 aromatic heterocycles. The Morgan fingerprint density at radius 2 is 1.95 bits per heavy atom. The number of nitrogens with one attached hydrogen (secondary N) is 2. The highest BCUT2D eigenvalue weighted by Gasteiger charge is 2.24. The van der Waals surface area contributed by atoms with Crippen LogP contribution in [0.5, 0.6) is 0 Å². The largest absolute Gasteiger partial charge is 0.356 e. The maximum atomic E-state index is 11.4. The van der Waals surface area contributed by atoms with Gasteiger partial charge in [-0.3, -0.25) is 4.99 Å². The molecule has 0 saturated carbocycles. The third-order valence-electron chi connectivity index (χ3n) is 3.42. The number of sulfonamides is 1. The van der Waals surface area contributed by atoms with E-state index in [4.69, 9.17) is 0 Å². The summed E-state index contributed by atoms with van der Waals surface area (Å²) in [4.78, 5) is 4.18. The molecule has 0 amide bonds.